The average molecular weight is 435 g/mol. The predicted molar refractivity (Wildman–Crippen MR) is 134 cm³/mol. The molecule has 2 rings (SSSR count). The van der Waals surface area contributed by atoms with E-state index in [1.165, 1.54) is 36.0 Å². The summed E-state index contributed by atoms with van der Waals surface area (Å²) in [5.41, 5.74) is 3.66. The smallest absolute Gasteiger partial charge is 0.244 e. The number of nitrogens with one attached hydrogen (secondary N) is 1. The molecule has 0 saturated heterocycles. The lowest BCUT2D eigenvalue weighted by Crippen LogP contribution is -2.31. The van der Waals surface area contributed by atoms with Crippen LogP contribution in [0.2, 0.25) is 0 Å². The van der Waals surface area contributed by atoms with E-state index in [9.17, 15) is 4.79 Å². The number of carbonyl (C=O) groups is 1. The molecule has 0 aliphatic heterocycles. The van der Waals surface area contributed by atoms with Crippen molar-refractivity contribution in [2.24, 2.45) is 0 Å². The largest absolute Gasteiger partial charge is 0.497 e. The quantitative estimate of drug-likeness (QED) is 0.209. The normalized spacial score (nSPS) is 12.7. The molecule has 0 spiro atoms. The summed E-state index contributed by atoms with van der Waals surface area (Å²) in [6, 6.07) is 12.3. The first-order valence-electron chi connectivity index (χ1n) is 11.8. The molecule has 0 aliphatic rings. The van der Waals surface area contributed by atoms with Gasteiger partial charge in [0.1, 0.15) is 5.75 Å². The van der Waals surface area contributed by atoms with Crippen LogP contribution in [0.25, 0.3) is 5.57 Å². The van der Waals surface area contributed by atoms with Crippen molar-refractivity contribution in [1.82, 2.24) is 10.3 Å². The van der Waals surface area contributed by atoms with E-state index in [2.05, 4.69) is 48.4 Å². The molecule has 1 heterocycles. The summed E-state index contributed by atoms with van der Waals surface area (Å²) in [5, 5.41) is 3.07. The Hall–Kier alpha value is -2.88. The van der Waals surface area contributed by atoms with Crippen LogP contribution < -0.4 is 10.1 Å². The van der Waals surface area contributed by atoms with Crippen molar-refractivity contribution in [2.75, 3.05) is 7.11 Å². The van der Waals surface area contributed by atoms with Gasteiger partial charge in [-0.2, -0.15) is 0 Å². The van der Waals surface area contributed by atoms with Gasteiger partial charge in [0.25, 0.3) is 0 Å². The Balaban J connectivity index is 1.87. The lowest BCUT2D eigenvalue weighted by atomic mass is 9.98. The van der Waals surface area contributed by atoms with Crippen molar-refractivity contribution in [3.63, 3.8) is 0 Å². The maximum absolute atomic E-state index is 12.3. The third kappa shape index (κ3) is 9.95. The zero-order valence-electron chi connectivity index (χ0n) is 19.8. The van der Waals surface area contributed by atoms with Gasteiger partial charge in [0.05, 0.1) is 7.11 Å². The van der Waals surface area contributed by atoms with Crippen LogP contribution >= 0.6 is 0 Å². The van der Waals surface area contributed by atoms with Crippen LogP contribution in [0.5, 0.6) is 5.75 Å². The molecule has 0 aliphatic carbocycles. The number of amides is 1. The lowest BCUT2D eigenvalue weighted by molar-refractivity contribution is -0.117. The number of aryl methyl sites for hydroxylation is 1. The lowest BCUT2D eigenvalue weighted by Gasteiger charge is -2.12. The van der Waals surface area contributed by atoms with Crippen LogP contribution in [0.1, 0.15) is 69.9 Å². The SMILES string of the molecule is CCCCCCC(=CC=CC(=O)N[C@H](C)CCCc1cccnc1)c1ccc(OC)cc1. The zero-order valence-corrected chi connectivity index (χ0v) is 19.8. The van der Waals surface area contributed by atoms with Crippen molar-refractivity contribution in [2.45, 2.75) is 71.3 Å². The molecule has 0 radical (unpaired) electrons. The first-order chi connectivity index (χ1) is 15.6. The average Bonchev–Trinajstić information content (AvgIpc) is 2.81. The van der Waals surface area contributed by atoms with Crippen LogP contribution in [0.4, 0.5) is 0 Å². The molecule has 0 fully saturated rings. The van der Waals surface area contributed by atoms with Gasteiger partial charge < -0.3 is 10.1 Å². The molecule has 0 unspecified atom stereocenters. The summed E-state index contributed by atoms with van der Waals surface area (Å²) < 4.78 is 5.28. The molecule has 1 amide bonds. The fraction of sp³-hybridized carbons (Fsp3) is 0.429. The van der Waals surface area contributed by atoms with Crippen LogP contribution in [-0.2, 0) is 11.2 Å². The van der Waals surface area contributed by atoms with Crippen LogP contribution in [0, 0.1) is 0 Å². The molecule has 1 aromatic carbocycles. The molecule has 2 aromatic rings. The fourth-order valence-electron chi connectivity index (χ4n) is 3.64. The summed E-state index contributed by atoms with van der Waals surface area (Å²) >= 11 is 0. The maximum atomic E-state index is 12.3. The van der Waals surface area contributed by atoms with Crippen molar-refractivity contribution in [3.8, 4) is 5.75 Å². The second-order valence-corrected chi connectivity index (χ2v) is 8.25. The van der Waals surface area contributed by atoms with Gasteiger partial charge in [-0.05, 0) is 73.9 Å². The van der Waals surface area contributed by atoms with E-state index < -0.39 is 0 Å². The van der Waals surface area contributed by atoms with Gasteiger partial charge in [0.2, 0.25) is 5.91 Å². The molecule has 1 aromatic heterocycles. The van der Waals surface area contributed by atoms with Gasteiger partial charge in [-0.25, -0.2) is 0 Å². The minimum Gasteiger partial charge on any atom is -0.497 e. The van der Waals surface area contributed by atoms with E-state index >= 15 is 0 Å². The summed E-state index contributed by atoms with van der Waals surface area (Å²) in [6.45, 7) is 4.28. The van der Waals surface area contributed by atoms with Gasteiger partial charge >= 0.3 is 0 Å². The molecule has 4 heteroatoms. The number of hydrogen-bond acceptors (Lipinski definition) is 3. The van der Waals surface area contributed by atoms with E-state index in [1.54, 1.807) is 19.4 Å². The fourth-order valence-corrected chi connectivity index (χ4v) is 3.64. The van der Waals surface area contributed by atoms with E-state index in [-0.39, 0.29) is 11.9 Å². The van der Waals surface area contributed by atoms with Gasteiger partial charge in [-0.1, -0.05) is 56.5 Å². The van der Waals surface area contributed by atoms with Crippen molar-refractivity contribution in [3.05, 3.63) is 78.1 Å². The first kappa shape index (κ1) is 25.4. The standard InChI is InChI=1S/C28H38N2O2/c1-4-5-6-7-14-25(26-17-19-27(32-3)20-18-26)15-9-16-28(31)30-23(2)11-8-12-24-13-10-21-29-22-24/h9-10,13,15-23H,4-8,11-12,14H2,1-3H3,(H,30,31)/t23-/m1/s1. The molecule has 4 nitrogen and oxygen atoms in total. The Labute approximate surface area is 193 Å². The Morgan fingerprint density at radius 1 is 1.12 bits per heavy atom. The van der Waals surface area contributed by atoms with Crippen LogP contribution in [0.15, 0.2) is 67.0 Å². The number of hydrogen-bond donors (Lipinski definition) is 1. The number of benzene rings is 1. The Morgan fingerprint density at radius 2 is 1.94 bits per heavy atom. The number of allylic oxidation sites excluding steroid dienone is 3. The third-order valence-corrected chi connectivity index (χ3v) is 5.52. The van der Waals surface area contributed by atoms with Crippen molar-refractivity contribution in [1.29, 1.82) is 0 Å². The molecule has 1 N–H and O–H groups in total. The summed E-state index contributed by atoms with van der Waals surface area (Å²) in [6.07, 6.45) is 18.1. The number of nitrogens with zero attached hydrogens (tertiary/aromatic N) is 1. The maximum Gasteiger partial charge on any atom is 0.244 e. The highest BCUT2D eigenvalue weighted by Gasteiger charge is 2.05. The molecule has 1 atom stereocenters. The van der Waals surface area contributed by atoms with Crippen molar-refractivity contribution < 1.29 is 9.53 Å². The van der Waals surface area contributed by atoms with E-state index in [4.69, 9.17) is 4.74 Å². The Kier molecular flexibility index (Phi) is 11.9. The van der Waals surface area contributed by atoms with Crippen LogP contribution in [-0.4, -0.2) is 24.0 Å². The minimum absolute atomic E-state index is 0.0461. The topological polar surface area (TPSA) is 51.2 Å². The highest BCUT2D eigenvalue weighted by Crippen LogP contribution is 2.24. The van der Waals surface area contributed by atoms with Gasteiger partial charge in [0, 0.05) is 24.5 Å². The van der Waals surface area contributed by atoms with E-state index in [1.807, 2.05) is 30.5 Å². The molecule has 32 heavy (non-hydrogen) atoms. The van der Waals surface area contributed by atoms with E-state index in [0.29, 0.717) is 0 Å². The monoisotopic (exact) mass is 434 g/mol. The number of aromatic nitrogens is 1. The van der Waals surface area contributed by atoms with Gasteiger partial charge in [-0.3, -0.25) is 9.78 Å². The van der Waals surface area contributed by atoms with Crippen LogP contribution in [0.3, 0.4) is 0 Å². The molecule has 172 valence electrons. The van der Waals surface area contributed by atoms with E-state index in [0.717, 1.165) is 37.9 Å². The molecule has 0 bridgehead atoms. The number of pyridine rings is 1. The minimum atomic E-state index is -0.0461. The second kappa shape index (κ2) is 15.0. The predicted octanol–water partition coefficient (Wildman–Crippen LogP) is 6.53. The Morgan fingerprint density at radius 3 is 2.62 bits per heavy atom. The zero-order chi connectivity index (χ0) is 23.0. The number of ether oxygens (including phenoxy) is 1. The highest BCUT2D eigenvalue weighted by molar-refractivity contribution is 5.88. The Bertz CT molecular complexity index is 841. The number of rotatable bonds is 14. The number of carbonyl (C=O) groups excluding carboxylic acids is 1. The summed E-state index contributed by atoms with van der Waals surface area (Å²) in [7, 11) is 1.68. The number of methoxy groups -OCH3 is 1. The second-order valence-electron chi connectivity index (χ2n) is 8.25. The molecular weight excluding hydrogens is 396 g/mol. The highest BCUT2D eigenvalue weighted by atomic mass is 16.5. The first-order valence-corrected chi connectivity index (χ1v) is 11.8. The summed E-state index contributed by atoms with van der Waals surface area (Å²) in [5.74, 6) is 0.807. The summed E-state index contributed by atoms with van der Waals surface area (Å²) in [4.78, 5) is 16.5. The van der Waals surface area contributed by atoms with Gasteiger partial charge in [0.15, 0.2) is 0 Å². The molecular formula is C28H38N2O2. The number of unbranched alkanes of at least 4 members (excludes halogenated alkanes) is 3. The molecule has 0 saturated carbocycles. The van der Waals surface area contributed by atoms with Crippen molar-refractivity contribution >= 4 is 11.5 Å². The third-order valence-electron chi connectivity index (χ3n) is 5.52. The van der Waals surface area contributed by atoms with Gasteiger partial charge in [-0.15, -0.1) is 0 Å².